The summed E-state index contributed by atoms with van der Waals surface area (Å²) in [7, 11) is 0. The molecule has 0 saturated heterocycles. The van der Waals surface area contributed by atoms with Crippen LogP contribution in [-0.4, -0.2) is 0 Å². The zero-order chi connectivity index (χ0) is 15.1. The quantitative estimate of drug-likeness (QED) is 0.312. The van der Waals surface area contributed by atoms with Crippen molar-refractivity contribution in [3.63, 3.8) is 0 Å². The second kappa shape index (κ2) is 8.28. The molecule has 0 aromatic rings. The van der Waals surface area contributed by atoms with Crippen molar-refractivity contribution in [2.24, 2.45) is 0 Å². The van der Waals surface area contributed by atoms with Crippen LogP contribution in [0.5, 0.6) is 0 Å². The van der Waals surface area contributed by atoms with Crippen molar-refractivity contribution in [3.05, 3.63) is 55.2 Å². The Labute approximate surface area is 135 Å². The molecular weight excluding hydrogens is 331 g/mol. The molecule has 114 valence electrons. The first-order valence-electron chi connectivity index (χ1n) is 8.52. The van der Waals surface area contributed by atoms with Crippen LogP contribution in [0.4, 0.5) is 0 Å². The van der Waals surface area contributed by atoms with Gasteiger partial charge in [0.15, 0.2) is 0 Å². The van der Waals surface area contributed by atoms with E-state index >= 15 is 0 Å². The molecule has 0 N–H and O–H groups in total. The van der Waals surface area contributed by atoms with Gasteiger partial charge >= 0.3 is 136 Å². The van der Waals surface area contributed by atoms with Crippen LogP contribution < -0.4 is 0 Å². The average Bonchev–Trinajstić information content (AvgIpc) is 3.13. The first-order chi connectivity index (χ1) is 10.2. The van der Waals surface area contributed by atoms with Crippen LogP contribution in [0, 0.1) is 0 Å². The van der Waals surface area contributed by atoms with Crippen molar-refractivity contribution in [3.8, 4) is 0 Å². The maximum absolute atomic E-state index is 3.80. The third-order valence-corrected chi connectivity index (χ3v) is 14.4. The van der Waals surface area contributed by atoms with Gasteiger partial charge in [-0.2, -0.15) is 0 Å². The van der Waals surface area contributed by atoms with E-state index in [0.717, 1.165) is 0 Å². The van der Waals surface area contributed by atoms with Crippen LogP contribution in [0.25, 0.3) is 0 Å². The van der Waals surface area contributed by atoms with Crippen molar-refractivity contribution >= 4 is 0 Å². The molecule has 0 aliphatic heterocycles. The van der Waals surface area contributed by atoms with Crippen molar-refractivity contribution in [1.82, 2.24) is 0 Å². The second-order valence-electron chi connectivity index (χ2n) is 6.81. The van der Waals surface area contributed by atoms with Gasteiger partial charge in [0, 0.05) is 0 Å². The Morgan fingerprint density at radius 3 is 2.62 bits per heavy atom. The first-order valence-corrected chi connectivity index (χ1v) is 15.9. The Bertz CT molecular complexity index is 486. The Kier molecular flexibility index (Phi) is 6.68. The monoisotopic (exact) mass is 360 g/mol. The summed E-state index contributed by atoms with van der Waals surface area (Å²) in [5.74, 6) is 0. The summed E-state index contributed by atoms with van der Waals surface area (Å²) in [5, 5.41) is 0. The van der Waals surface area contributed by atoms with Gasteiger partial charge in [-0.25, -0.2) is 0 Å². The summed E-state index contributed by atoms with van der Waals surface area (Å²) in [6.45, 7) is 3.80. The van der Waals surface area contributed by atoms with Crippen molar-refractivity contribution in [2.75, 3.05) is 0 Å². The molecule has 0 aromatic heterocycles. The third-order valence-electron chi connectivity index (χ3n) is 4.91. The normalized spacial score (nSPS) is 17.7. The molecule has 0 unspecified atom stereocenters. The van der Waals surface area contributed by atoms with E-state index in [1.807, 2.05) is 6.08 Å². The van der Waals surface area contributed by atoms with E-state index in [4.69, 9.17) is 0 Å². The van der Waals surface area contributed by atoms with E-state index in [9.17, 15) is 0 Å². The van der Waals surface area contributed by atoms with Gasteiger partial charge in [-0.15, -0.1) is 0 Å². The SMILES string of the molecule is C=CCCCCCCC1=[C]([Zr]([CH3])([CH3])[C]2=CC=CC2)C=CC1. The summed E-state index contributed by atoms with van der Waals surface area (Å²) in [4.78, 5) is 0. The molecule has 0 saturated carbocycles. The molecule has 2 rings (SSSR count). The van der Waals surface area contributed by atoms with Gasteiger partial charge in [-0.1, -0.05) is 0 Å². The molecule has 0 bridgehead atoms. The van der Waals surface area contributed by atoms with Crippen LogP contribution in [0.15, 0.2) is 55.2 Å². The number of allylic oxidation sites excluding steroid dienone is 9. The van der Waals surface area contributed by atoms with Gasteiger partial charge in [0.1, 0.15) is 0 Å². The molecule has 2 aliphatic rings. The van der Waals surface area contributed by atoms with Crippen LogP contribution in [0.2, 0.25) is 9.26 Å². The predicted octanol–water partition coefficient (Wildman–Crippen LogP) is 6.82. The van der Waals surface area contributed by atoms with E-state index in [1.54, 1.807) is 12.1 Å². The second-order valence-corrected chi connectivity index (χ2v) is 17.7. The molecule has 1 heteroatoms. The molecular formula is C20H30Zr. The standard InChI is InChI=1S/C13H19.C5H5.2CH3.Zr/c1-2-3-4-5-6-7-10-13-11-8-9-12-13;1-2-4-5-3-1;;;/h2,8-9H,1,3-7,10-11H2;1-3H,4H2;2*1H3;. The summed E-state index contributed by atoms with van der Waals surface area (Å²) < 4.78 is 8.77. The molecule has 0 nitrogen and oxygen atoms in total. The number of unbranched alkanes of at least 4 members (excludes halogenated alkanes) is 4. The van der Waals surface area contributed by atoms with E-state index in [1.165, 1.54) is 51.4 Å². The van der Waals surface area contributed by atoms with Crippen LogP contribution in [-0.2, 0) is 20.3 Å². The molecule has 0 atom stereocenters. The Morgan fingerprint density at radius 1 is 1.10 bits per heavy atom. The molecule has 2 aliphatic carbocycles. The Hall–Kier alpha value is -0.417. The minimum atomic E-state index is -2.23. The zero-order valence-electron chi connectivity index (χ0n) is 13.8. The number of hydrogen-bond donors (Lipinski definition) is 0. The summed E-state index contributed by atoms with van der Waals surface area (Å²) >= 11 is -2.23. The van der Waals surface area contributed by atoms with Gasteiger partial charge in [0.2, 0.25) is 0 Å². The average molecular weight is 362 g/mol. The fourth-order valence-electron chi connectivity index (χ4n) is 3.50. The fraction of sp³-hybridized carbons (Fsp3) is 0.500. The summed E-state index contributed by atoms with van der Waals surface area (Å²) in [5.41, 5.74) is 1.77. The van der Waals surface area contributed by atoms with Crippen molar-refractivity contribution in [2.45, 2.75) is 60.6 Å². The van der Waals surface area contributed by atoms with Crippen LogP contribution in [0.3, 0.4) is 0 Å². The van der Waals surface area contributed by atoms with Crippen LogP contribution in [0.1, 0.15) is 51.4 Å². The van der Waals surface area contributed by atoms with Gasteiger partial charge in [-0.3, -0.25) is 0 Å². The summed E-state index contributed by atoms with van der Waals surface area (Å²) in [6.07, 6.45) is 24.3. The molecule has 0 spiro atoms. The molecule has 0 radical (unpaired) electrons. The fourth-order valence-corrected chi connectivity index (χ4v) is 11.2. The summed E-state index contributed by atoms with van der Waals surface area (Å²) in [6, 6.07) is 0. The molecule has 0 aromatic carbocycles. The van der Waals surface area contributed by atoms with Gasteiger partial charge in [-0.05, 0) is 0 Å². The zero-order valence-corrected chi connectivity index (χ0v) is 16.3. The minimum absolute atomic E-state index is 1.18. The van der Waals surface area contributed by atoms with Crippen molar-refractivity contribution < 1.29 is 20.3 Å². The molecule has 0 amide bonds. The third kappa shape index (κ3) is 4.52. The molecule has 0 heterocycles. The van der Waals surface area contributed by atoms with E-state index in [2.05, 4.69) is 46.2 Å². The Balaban J connectivity index is 1.90. The van der Waals surface area contributed by atoms with Crippen molar-refractivity contribution in [1.29, 1.82) is 0 Å². The van der Waals surface area contributed by atoms with E-state index < -0.39 is 20.3 Å². The van der Waals surface area contributed by atoms with Gasteiger partial charge < -0.3 is 0 Å². The number of hydrogen-bond acceptors (Lipinski definition) is 0. The number of rotatable bonds is 9. The molecule has 0 fully saturated rings. The van der Waals surface area contributed by atoms with E-state index in [0.29, 0.717) is 0 Å². The molecule has 21 heavy (non-hydrogen) atoms. The predicted molar refractivity (Wildman–Crippen MR) is 92.3 cm³/mol. The van der Waals surface area contributed by atoms with E-state index in [-0.39, 0.29) is 0 Å². The topological polar surface area (TPSA) is 0 Å². The Morgan fingerprint density at radius 2 is 1.90 bits per heavy atom. The van der Waals surface area contributed by atoms with Crippen LogP contribution >= 0.6 is 0 Å². The maximum atomic E-state index is 3.80. The van der Waals surface area contributed by atoms with Gasteiger partial charge in [0.25, 0.3) is 0 Å². The first kappa shape index (κ1) is 16.9. The van der Waals surface area contributed by atoms with Gasteiger partial charge in [0.05, 0.1) is 0 Å².